The van der Waals surface area contributed by atoms with Crippen LogP contribution in [0.25, 0.3) is 0 Å². The van der Waals surface area contributed by atoms with Gasteiger partial charge in [-0.3, -0.25) is 10.1 Å². The Labute approximate surface area is 109 Å². The topological polar surface area (TPSA) is 67.2 Å². The van der Waals surface area contributed by atoms with Gasteiger partial charge < -0.3 is 10.6 Å². The SMILES string of the molecule is CC(C)NC(=S)Nc1cc([N+](=O)[O-])ccc1Cl. The van der Waals surface area contributed by atoms with E-state index < -0.39 is 4.92 Å². The van der Waals surface area contributed by atoms with Crippen LogP contribution >= 0.6 is 23.8 Å². The molecular weight excluding hydrogens is 262 g/mol. The molecule has 0 unspecified atom stereocenters. The minimum atomic E-state index is -0.486. The van der Waals surface area contributed by atoms with Crippen molar-refractivity contribution < 1.29 is 4.92 Å². The van der Waals surface area contributed by atoms with Crippen LogP contribution in [-0.2, 0) is 0 Å². The normalized spacial score (nSPS) is 10.1. The number of nitrogens with one attached hydrogen (secondary N) is 2. The van der Waals surface area contributed by atoms with Gasteiger partial charge in [-0.15, -0.1) is 0 Å². The highest BCUT2D eigenvalue weighted by atomic mass is 35.5. The fourth-order valence-corrected chi connectivity index (χ4v) is 1.65. The Morgan fingerprint density at radius 1 is 1.53 bits per heavy atom. The van der Waals surface area contributed by atoms with Crippen molar-refractivity contribution in [3.8, 4) is 0 Å². The van der Waals surface area contributed by atoms with Crippen LogP contribution in [0.15, 0.2) is 18.2 Å². The van der Waals surface area contributed by atoms with Crippen molar-refractivity contribution in [1.82, 2.24) is 5.32 Å². The van der Waals surface area contributed by atoms with Gasteiger partial charge in [-0.1, -0.05) is 11.6 Å². The summed E-state index contributed by atoms with van der Waals surface area (Å²) in [6, 6.07) is 4.32. The van der Waals surface area contributed by atoms with Gasteiger partial charge in [0.15, 0.2) is 5.11 Å². The van der Waals surface area contributed by atoms with Gasteiger partial charge in [-0.25, -0.2) is 0 Å². The molecule has 0 heterocycles. The fraction of sp³-hybridized carbons (Fsp3) is 0.300. The first-order chi connectivity index (χ1) is 7.90. The molecule has 7 heteroatoms. The Morgan fingerprint density at radius 3 is 2.71 bits per heavy atom. The van der Waals surface area contributed by atoms with Crippen LogP contribution in [0.5, 0.6) is 0 Å². The Hall–Kier alpha value is -1.40. The molecule has 92 valence electrons. The van der Waals surface area contributed by atoms with E-state index in [1.807, 2.05) is 13.8 Å². The Kier molecular flexibility index (Phi) is 4.65. The number of hydrogen-bond acceptors (Lipinski definition) is 3. The second-order valence-corrected chi connectivity index (χ2v) is 4.49. The van der Waals surface area contributed by atoms with Gasteiger partial charge in [0, 0.05) is 18.2 Å². The predicted molar refractivity (Wildman–Crippen MR) is 72.6 cm³/mol. The summed E-state index contributed by atoms with van der Waals surface area (Å²) in [5.74, 6) is 0. The number of thiocarbonyl (C=S) groups is 1. The van der Waals surface area contributed by atoms with Gasteiger partial charge in [0.05, 0.1) is 15.6 Å². The molecule has 5 nitrogen and oxygen atoms in total. The molecule has 0 fully saturated rings. The maximum absolute atomic E-state index is 10.6. The third kappa shape index (κ3) is 4.16. The van der Waals surface area contributed by atoms with Crippen LogP contribution < -0.4 is 10.6 Å². The summed E-state index contributed by atoms with van der Waals surface area (Å²) >= 11 is 10.9. The van der Waals surface area contributed by atoms with Crippen LogP contribution in [0.2, 0.25) is 5.02 Å². The molecule has 1 rings (SSSR count). The monoisotopic (exact) mass is 273 g/mol. The minimum absolute atomic E-state index is 0.0377. The zero-order valence-corrected chi connectivity index (χ0v) is 10.9. The van der Waals surface area contributed by atoms with Crippen LogP contribution in [0.4, 0.5) is 11.4 Å². The Balaban J connectivity index is 2.86. The first kappa shape index (κ1) is 13.7. The maximum atomic E-state index is 10.6. The smallest absolute Gasteiger partial charge is 0.271 e. The largest absolute Gasteiger partial charge is 0.360 e. The summed E-state index contributed by atoms with van der Waals surface area (Å²) in [4.78, 5) is 10.1. The first-order valence-electron chi connectivity index (χ1n) is 4.91. The Bertz CT molecular complexity index is 451. The van der Waals surface area contributed by atoms with E-state index >= 15 is 0 Å². The number of halogens is 1. The lowest BCUT2D eigenvalue weighted by Gasteiger charge is -2.13. The molecule has 0 saturated heterocycles. The van der Waals surface area contributed by atoms with E-state index in [4.69, 9.17) is 23.8 Å². The summed E-state index contributed by atoms with van der Waals surface area (Å²) in [7, 11) is 0. The summed E-state index contributed by atoms with van der Waals surface area (Å²) in [6.07, 6.45) is 0. The lowest BCUT2D eigenvalue weighted by atomic mass is 10.3. The Morgan fingerprint density at radius 2 is 2.18 bits per heavy atom. The van der Waals surface area contributed by atoms with E-state index in [1.165, 1.54) is 18.2 Å². The summed E-state index contributed by atoms with van der Waals surface area (Å²) < 4.78 is 0. The molecule has 0 aliphatic rings. The van der Waals surface area contributed by atoms with Crippen LogP contribution in [0.1, 0.15) is 13.8 Å². The van der Waals surface area contributed by atoms with Crippen molar-refractivity contribution in [2.24, 2.45) is 0 Å². The third-order valence-electron chi connectivity index (χ3n) is 1.83. The number of nitro benzene ring substituents is 1. The highest BCUT2D eigenvalue weighted by molar-refractivity contribution is 7.80. The lowest BCUT2D eigenvalue weighted by Crippen LogP contribution is -2.33. The van der Waals surface area contributed by atoms with Crippen molar-refractivity contribution in [3.05, 3.63) is 33.3 Å². The van der Waals surface area contributed by atoms with Gasteiger partial charge in [0.2, 0.25) is 0 Å². The van der Waals surface area contributed by atoms with Crippen molar-refractivity contribution in [1.29, 1.82) is 0 Å². The highest BCUT2D eigenvalue weighted by Crippen LogP contribution is 2.26. The lowest BCUT2D eigenvalue weighted by molar-refractivity contribution is -0.384. The fourth-order valence-electron chi connectivity index (χ4n) is 1.14. The summed E-state index contributed by atoms with van der Waals surface area (Å²) in [5, 5.41) is 17.1. The molecule has 1 aromatic carbocycles. The average molecular weight is 274 g/mol. The van der Waals surface area contributed by atoms with E-state index in [0.29, 0.717) is 15.8 Å². The molecule has 0 aromatic heterocycles. The van der Waals surface area contributed by atoms with Crippen molar-refractivity contribution in [3.63, 3.8) is 0 Å². The molecule has 0 aliphatic carbocycles. The quantitative estimate of drug-likeness (QED) is 0.503. The van der Waals surface area contributed by atoms with E-state index in [2.05, 4.69) is 10.6 Å². The number of nitrogens with zero attached hydrogens (tertiary/aromatic N) is 1. The molecule has 0 spiro atoms. The van der Waals surface area contributed by atoms with Gasteiger partial charge in [-0.2, -0.15) is 0 Å². The molecule has 2 N–H and O–H groups in total. The van der Waals surface area contributed by atoms with Gasteiger partial charge >= 0.3 is 0 Å². The van der Waals surface area contributed by atoms with Gasteiger partial charge in [0.1, 0.15) is 0 Å². The molecule has 0 saturated carbocycles. The molecule has 0 atom stereocenters. The second-order valence-electron chi connectivity index (χ2n) is 3.67. The molecule has 1 aromatic rings. The number of non-ortho nitro benzene ring substituents is 1. The average Bonchev–Trinajstić information content (AvgIpc) is 2.19. The van der Waals surface area contributed by atoms with Crippen molar-refractivity contribution >= 4 is 40.3 Å². The highest BCUT2D eigenvalue weighted by Gasteiger charge is 2.10. The van der Waals surface area contributed by atoms with E-state index in [0.717, 1.165) is 0 Å². The molecule has 0 aliphatic heterocycles. The first-order valence-corrected chi connectivity index (χ1v) is 5.70. The van der Waals surface area contributed by atoms with Crippen LogP contribution in [0, 0.1) is 10.1 Å². The second kappa shape index (κ2) is 5.79. The molecule has 0 bridgehead atoms. The van der Waals surface area contributed by atoms with Gasteiger partial charge in [0.25, 0.3) is 5.69 Å². The summed E-state index contributed by atoms with van der Waals surface area (Å²) in [6.45, 7) is 3.87. The van der Waals surface area contributed by atoms with Gasteiger partial charge in [-0.05, 0) is 32.1 Å². The zero-order valence-electron chi connectivity index (χ0n) is 9.36. The maximum Gasteiger partial charge on any atom is 0.271 e. The van der Waals surface area contributed by atoms with E-state index in [-0.39, 0.29) is 11.7 Å². The van der Waals surface area contributed by atoms with Crippen molar-refractivity contribution in [2.75, 3.05) is 5.32 Å². The number of anilines is 1. The minimum Gasteiger partial charge on any atom is -0.360 e. The standard InChI is InChI=1S/C10H12ClN3O2S/c1-6(2)12-10(17)13-9-5-7(14(15)16)3-4-8(9)11/h3-6H,1-2H3,(H2,12,13,17). The number of rotatable bonds is 3. The molecule has 0 amide bonds. The third-order valence-corrected chi connectivity index (χ3v) is 2.38. The van der Waals surface area contributed by atoms with Crippen molar-refractivity contribution in [2.45, 2.75) is 19.9 Å². The van der Waals surface area contributed by atoms with Crippen LogP contribution in [-0.4, -0.2) is 16.1 Å². The van der Waals surface area contributed by atoms with Crippen LogP contribution in [0.3, 0.4) is 0 Å². The van der Waals surface area contributed by atoms with E-state index in [9.17, 15) is 10.1 Å². The predicted octanol–water partition coefficient (Wildman–Crippen LogP) is 2.94. The number of benzene rings is 1. The zero-order chi connectivity index (χ0) is 13.0. The molecule has 0 radical (unpaired) electrons. The summed E-state index contributed by atoms with van der Waals surface area (Å²) in [5.41, 5.74) is 0.378. The number of hydrogen-bond donors (Lipinski definition) is 2. The number of nitro groups is 1. The van der Waals surface area contributed by atoms with E-state index in [1.54, 1.807) is 0 Å². The molecular formula is C10H12ClN3O2S. The molecule has 17 heavy (non-hydrogen) atoms.